The van der Waals surface area contributed by atoms with Gasteiger partial charge in [0.2, 0.25) is 5.91 Å². The number of aliphatic carboxylic acids is 1. The molecule has 0 aliphatic carbocycles. The lowest BCUT2D eigenvalue weighted by atomic mass is 10.1. The van der Waals surface area contributed by atoms with Gasteiger partial charge in [-0.3, -0.25) is 14.5 Å². The molecule has 2 saturated heterocycles. The van der Waals surface area contributed by atoms with E-state index in [1.807, 2.05) is 4.90 Å². The number of carbonyl (C=O) groups is 2. The molecule has 2 aliphatic rings. The molecule has 5 nitrogen and oxygen atoms in total. The summed E-state index contributed by atoms with van der Waals surface area (Å²) in [7, 11) is 0. The Labute approximate surface area is 82.1 Å². The maximum absolute atomic E-state index is 11.2. The maximum atomic E-state index is 11.2. The van der Waals surface area contributed by atoms with Crippen molar-refractivity contribution in [3.05, 3.63) is 0 Å². The van der Waals surface area contributed by atoms with Gasteiger partial charge in [-0.15, -0.1) is 0 Å². The summed E-state index contributed by atoms with van der Waals surface area (Å²) < 4.78 is 0. The smallest absolute Gasteiger partial charge is 0.317 e. The highest BCUT2D eigenvalue weighted by Gasteiger charge is 2.37. The van der Waals surface area contributed by atoms with Gasteiger partial charge in [0.05, 0.1) is 6.54 Å². The van der Waals surface area contributed by atoms with Crippen LogP contribution in [0, 0.1) is 0 Å². The van der Waals surface area contributed by atoms with Crippen LogP contribution in [0.4, 0.5) is 0 Å². The van der Waals surface area contributed by atoms with Crippen LogP contribution in [0.2, 0.25) is 0 Å². The number of nitrogens with zero attached hydrogens (tertiary/aromatic N) is 1. The minimum Gasteiger partial charge on any atom is -0.480 e. The highest BCUT2D eigenvalue weighted by Crippen LogP contribution is 2.27. The van der Waals surface area contributed by atoms with Gasteiger partial charge >= 0.3 is 5.97 Å². The fourth-order valence-electron chi connectivity index (χ4n) is 2.39. The van der Waals surface area contributed by atoms with E-state index < -0.39 is 5.97 Å². The molecule has 0 spiro atoms. The predicted molar refractivity (Wildman–Crippen MR) is 48.8 cm³/mol. The third kappa shape index (κ3) is 1.72. The number of nitrogens with one attached hydrogen (secondary N) is 1. The van der Waals surface area contributed by atoms with Crippen molar-refractivity contribution in [1.29, 1.82) is 0 Å². The number of hydrogen-bond acceptors (Lipinski definition) is 3. The molecule has 2 aliphatic heterocycles. The van der Waals surface area contributed by atoms with Crippen LogP contribution in [0.3, 0.4) is 0 Å². The monoisotopic (exact) mass is 198 g/mol. The molecular formula is C9H14N2O3. The van der Waals surface area contributed by atoms with Crippen LogP contribution in [0.15, 0.2) is 0 Å². The molecule has 2 unspecified atom stereocenters. The largest absolute Gasteiger partial charge is 0.480 e. The topological polar surface area (TPSA) is 69.6 Å². The zero-order chi connectivity index (χ0) is 10.1. The molecule has 0 aromatic heterocycles. The maximum Gasteiger partial charge on any atom is 0.317 e. The summed E-state index contributed by atoms with van der Waals surface area (Å²) in [6, 6.07) is 0.362. The molecule has 0 radical (unpaired) electrons. The minimum atomic E-state index is -0.809. The van der Waals surface area contributed by atoms with E-state index in [4.69, 9.17) is 5.11 Å². The minimum absolute atomic E-state index is 0.0487. The summed E-state index contributed by atoms with van der Waals surface area (Å²) in [5.74, 6) is -0.760. The van der Waals surface area contributed by atoms with E-state index in [2.05, 4.69) is 5.32 Å². The lowest BCUT2D eigenvalue weighted by molar-refractivity contribution is -0.139. The number of carbonyl (C=O) groups excluding carboxylic acids is 1. The first-order chi connectivity index (χ1) is 6.66. The first kappa shape index (κ1) is 9.45. The molecule has 14 heavy (non-hydrogen) atoms. The second-order valence-corrected chi connectivity index (χ2v) is 3.96. The van der Waals surface area contributed by atoms with E-state index in [0.717, 1.165) is 12.8 Å². The molecule has 0 aromatic carbocycles. The number of carboxylic acids is 1. The van der Waals surface area contributed by atoms with Crippen LogP contribution in [0.25, 0.3) is 0 Å². The standard InChI is InChI=1S/C9H14N2O3/c12-8-3-6-1-2-7(4-10-8)11(6)5-9(13)14/h6-7H,1-5H2,(H,10,12)(H,13,14). The van der Waals surface area contributed by atoms with Crippen LogP contribution in [-0.4, -0.2) is 47.1 Å². The van der Waals surface area contributed by atoms with Crippen molar-refractivity contribution in [1.82, 2.24) is 10.2 Å². The van der Waals surface area contributed by atoms with Crippen molar-refractivity contribution in [3.63, 3.8) is 0 Å². The summed E-state index contributed by atoms with van der Waals surface area (Å²) in [5.41, 5.74) is 0. The number of hydrogen-bond donors (Lipinski definition) is 2. The number of amides is 1. The molecular weight excluding hydrogens is 184 g/mol. The van der Waals surface area contributed by atoms with E-state index in [-0.39, 0.29) is 24.5 Å². The van der Waals surface area contributed by atoms with E-state index in [9.17, 15) is 9.59 Å². The molecule has 2 fully saturated rings. The second-order valence-electron chi connectivity index (χ2n) is 3.96. The Bertz CT molecular complexity index is 267. The fraction of sp³-hybridized carbons (Fsp3) is 0.778. The van der Waals surface area contributed by atoms with Gasteiger partial charge in [-0.2, -0.15) is 0 Å². The predicted octanol–water partition coefficient (Wildman–Crippen LogP) is -0.576. The normalized spacial score (nSPS) is 32.4. The van der Waals surface area contributed by atoms with E-state index in [1.165, 1.54) is 0 Å². The molecule has 5 heteroatoms. The van der Waals surface area contributed by atoms with Gasteiger partial charge in [-0.1, -0.05) is 0 Å². The summed E-state index contributed by atoms with van der Waals surface area (Å²) in [4.78, 5) is 23.8. The third-order valence-electron chi connectivity index (χ3n) is 3.04. The highest BCUT2D eigenvalue weighted by molar-refractivity contribution is 5.77. The van der Waals surface area contributed by atoms with E-state index in [0.29, 0.717) is 13.0 Å². The Kier molecular flexibility index (Phi) is 2.41. The molecule has 0 saturated carbocycles. The second kappa shape index (κ2) is 3.57. The van der Waals surface area contributed by atoms with Gasteiger partial charge < -0.3 is 10.4 Å². The molecule has 0 aromatic rings. The Morgan fingerprint density at radius 2 is 2.21 bits per heavy atom. The first-order valence-electron chi connectivity index (χ1n) is 4.91. The summed E-state index contributed by atoms with van der Waals surface area (Å²) in [6.45, 7) is 0.660. The first-order valence-corrected chi connectivity index (χ1v) is 4.91. The van der Waals surface area contributed by atoms with Crippen molar-refractivity contribution < 1.29 is 14.7 Å². The van der Waals surface area contributed by atoms with Crippen LogP contribution >= 0.6 is 0 Å². The van der Waals surface area contributed by atoms with Gasteiger partial charge in [0.15, 0.2) is 0 Å². The van der Waals surface area contributed by atoms with Crippen LogP contribution in [0.5, 0.6) is 0 Å². The number of fused-ring (bicyclic) bond motifs is 2. The van der Waals surface area contributed by atoms with Crippen molar-refractivity contribution >= 4 is 11.9 Å². The Morgan fingerprint density at radius 1 is 1.50 bits per heavy atom. The molecule has 2 atom stereocenters. The van der Waals surface area contributed by atoms with Crippen LogP contribution in [0.1, 0.15) is 19.3 Å². The summed E-state index contributed by atoms with van der Waals surface area (Å²) in [6.07, 6.45) is 2.40. The van der Waals surface area contributed by atoms with Crippen molar-refractivity contribution in [2.75, 3.05) is 13.1 Å². The highest BCUT2D eigenvalue weighted by atomic mass is 16.4. The van der Waals surface area contributed by atoms with Gasteiger partial charge in [0, 0.05) is 25.0 Å². The Balaban J connectivity index is 2.08. The Morgan fingerprint density at radius 3 is 2.93 bits per heavy atom. The summed E-state index contributed by atoms with van der Waals surface area (Å²) in [5, 5.41) is 11.5. The lowest BCUT2D eigenvalue weighted by Crippen LogP contribution is -2.41. The molecule has 2 N–H and O–H groups in total. The third-order valence-corrected chi connectivity index (χ3v) is 3.04. The average molecular weight is 198 g/mol. The summed E-state index contributed by atoms with van der Waals surface area (Å²) >= 11 is 0. The Hall–Kier alpha value is -1.10. The molecule has 1 amide bonds. The van der Waals surface area contributed by atoms with Crippen molar-refractivity contribution in [2.45, 2.75) is 31.3 Å². The van der Waals surface area contributed by atoms with Crippen molar-refractivity contribution in [3.8, 4) is 0 Å². The van der Waals surface area contributed by atoms with E-state index >= 15 is 0 Å². The van der Waals surface area contributed by atoms with Gasteiger partial charge in [-0.25, -0.2) is 0 Å². The number of rotatable bonds is 2. The van der Waals surface area contributed by atoms with Gasteiger partial charge in [0.25, 0.3) is 0 Å². The molecule has 78 valence electrons. The molecule has 2 bridgehead atoms. The average Bonchev–Trinajstić information content (AvgIpc) is 2.35. The fourth-order valence-corrected chi connectivity index (χ4v) is 2.39. The zero-order valence-electron chi connectivity index (χ0n) is 7.90. The molecule has 2 heterocycles. The quantitative estimate of drug-likeness (QED) is 0.623. The van der Waals surface area contributed by atoms with Gasteiger partial charge in [0.1, 0.15) is 0 Å². The number of carboxylic acid groups (broad SMARTS) is 1. The van der Waals surface area contributed by atoms with Crippen LogP contribution < -0.4 is 5.32 Å². The lowest BCUT2D eigenvalue weighted by Gasteiger charge is -2.24. The SMILES string of the molecule is O=C(O)CN1C2CCC1CC(=O)NC2. The van der Waals surface area contributed by atoms with Crippen molar-refractivity contribution in [2.24, 2.45) is 0 Å². The zero-order valence-corrected chi connectivity index (χ0v) is 7.90. The van der Waals surface area contributed by atoms with Crippen LogP contribution in [-0.2, 0) is 9.59 Å². The molecule has 2 rings (SSSR count). The van der Waals surface area contributed by atoms with Gasteiger partial charge in [-0.05, 0) is 12.8 Å². The van der Waals surface area contributed by atoms with E-state index in [1.54, 1.807) is 0 Å².